The van der Waals surface area contributed by atoms with Crippen molar-refractivity contribution in [2.45, 2.75) is 52.6 Å². The van der Waals surface area contributed by atoms with Crippen molar-refractivity contribution < 1.29 is 4.79 Å². The highest BCUT2D eigenvalue weighted by atomic mass is 16.2. The second-order valence-electron chi connectivity index (χ2n) is 8.04. The standard InChI is InChI=1S/C21H30N4O/c1-6-16-7-9-17(10-8-16)19-14-22-11-12-24(19)20(26)18-13-23-25(15(18)2)21(3,4)5/h7-10,13,19,22H,6,11-12,14H2,1-5H3. The van der Waals surface area contributed by atoms with Gasteiger partial charge < -0.3 is 10.2 Å². The number of nitrogens with one attached hydrogen (secondary N) is 1. The van der Waals surface area contributed by atoms with Crippen LogP contribution in [0.5, 0.6) is 0 Å². The molecule has 3 rings (SSSR count). The van der Waals surface area contributed by atoms with Gasteiger partial charge in [0.15, 0.2) is 0 Å². The van der Waals surface area contributed by atoms with Gasteiger partial charge in [-0.2, -0.15) is 5.10 Å². The second kappa shape index (κ2) is 7.23. The molecule has 5 nitrogen and oxygen atoms in total. The van der Waals surface area contributed by atoms with E-state index < -0.39 is 0 Å². The first-order valence-electron chi connectivity index (χ1n) is 9.48. The van der Waals surface area contributed by atoms with Gasteiger partial charge in [-0.1, -0.05) is 31.2 Å². The number of carbonyl (C=O) groups excluding carboxylic acids is 1. The molecule has 1 aromatic carbocycles. The summed E-state index contributed by atoms with van der Waals surface area (Å²) in [4.78, 5) is 15.3. The zero-order chi connectivity index (χ0) is 18.9. The van der Waals surface area contributed by atoms with Crippen LogP contribution in [0.4, 0.5) is 0 Å². The number of carbonyl (C=O) groups is 1. The first-order valence-corrected chi connectivity index (χ1v) is 9.48. The largest absolute Gasteiger partial charge is 0.329 e. The highest BCUT2D eigenvalue weighted by Gasteiger charge is 2.31. The molecule has 1 amide bonds. The predicted molar refractivity (Wildman–Crippen MR) is 104 cm³/mol. The SMILES string of the molecule is CCc1ccc(C2CNCCN2C(=O)c2cnn(C(C)(C)C)c2C)cc1. The van der Waals surface area contributed by atoms with Crippen molar-refractivity contribution in [3.05, 3.63) is 52.8 Å². The Kier molecular flexibility index (Phi) is 5.19. The maximum absolute atomic E-state index is 13.3. The fourth-order valence-corrected chi connectivity index (χ4v) is 3.67. The van der Waals surface area contributed by atoms with Crippen molar-refractivity contribution in [1.82, 2.24) is 20.0 Å². The summed E-state index contributed by atoms with van der Waals surface area (Å²) in [6.07, 6.45) is 2.75. The lowest BCUT2D eigenvalue weighted by molar-refractivity contribution is 0.0633. The Morgan fingerprint density at radius 1 is 1.27 bits per heavy atom. The maximum atomic E-state index is 13.3. The Labute approximate surface area is 156 Å². The third kappa shape index (κ3) is 3.54. The molecule has 1 N–H and O–H groups in total. The number of hydrogen-bond acceptors (Lipinski definition) is 3. The van der Waals surface area contributed by atoms with Crippen molar-refractivity contribution in [3.8, 4) is 0 Å². The lowest BCUT2D eigenvalue weighted by atomic mass is 10.00. The molecule has 1 atom stereocenters. The maximum Gasteiger partial charge on any atom is 0.257 e. The van der Waals surface area contributed by atoms with Crippen molar-refractivity contribution in [2.24, 2.45) is 0 Å². The van der Waals surface area contributed by atoms with E-state index in [1.807, 2.05) is 16.5 Å². The van der Waals surface area contributed by atoms with E-state index >= 15 is 0 Å². The first-order chi connectivity index (χ1) is 12.3. The van der Waals surface area contributed by atoms with Crippen LogP contribution >= 0.6 is 0 Å². The van der Waals surface area contributed by atoms with Crippen LogP contribution in [-0.4, -0.2) is 40.2 Å². The summed E-state index contributed by atoms with van der Waals surface area (Å²) in [5, 5.41) is 7.90. The van der Waals surface area contributed by atoms with E-state index in [0.29, 0.717) is 12.1 Å². The van der Waals surface area contributed by atoms with Gasteiger partial charge in [-0.15, -0.1) is 0 Å². The third-order valence-electron chi connectivity index (χ3n) is 5.15. The lowest BCUT2D eigenvalue weighted by Crippen LogP contribution is -2.48. The fraction of sp³-hybridized carbons (Fsp3) is 0.524. The van der Waals surface area contributed by atoms with Crippen molar-refractivity contribution in [2.75, 3.05) is 19.6 Å². The minimum Gasteiger partial charge on any atom is -0.329 e. The molecule has 1 fully saturated rings. The van der Waals surface area contributed by atoms with Gasteiger partial charge in [-0.25, -0.2) is 0 Å². The van der Waals surface area contributed by atoms with E-state index in [9.17, 15) is 4.79 Å². The average Bonchev–Trinajstić information content (AvgIpc) is 3.03. The number of rotatable bonds is 3. The Morgan fingerprint density at radius 2 is 1.96 bits per heavy atom. The number of hydrogen-bond donors (Lipinski definition) is 1. The van der Waals surface area contributed by atoms with Gasteiger partial charge in [0.25, 0.3) is 5.91 Å². The Hall–Kier alpha value is -2.14. The van der Waals surface area contributed by atoms with Crippen molar-refractivity contribution in [3.63, 3.8) is 0 Å². The number of aryl methyl sites for hydroxylation is 1. The number of piperazine rings is 1. The molecule has 0 saturated carbocycles. The van der Waals surface area contributed by atoms with E-state index in [4.69, 9.17) is 0 Å². The van der Waals surface area contributed by atoms with Gasteiger partial charge in [-0.05, 0) is 45.2 Å². The molecule has 140 valence electrons. The van der Waals surface area contributed by atoms with Gasteiger partial charge in [0.05, 0.1) is 23.3 Å². The second-order valence-corrected chi connectivity index (χ2v) is 8.04. The average molecular weight is 354 g/mol. The van der Waals surface area contributed by atoms with Crippen LogP contribution in [0.15, 0.2) is 30.5 Å². The van der Waals surface area contributed by atoms with E-state index in [2.05, 4.69) is 62.4 Å². The fourth-order valence-electron chi connectivity index (χ4n) is 3.67. The number of benzene rings is 1. The topological polar surface area (TPSA) is 50.2 Å². The minimum absolute atomic E-state index is 0.0551. The summed E-state index contributed by atoms with van der Waals surface area (Å²) in [5.74, 6) is 0.0732. The van der Waals surface area contributed by atoms with Crippen LogP contribution in [-0.2, 0) is 12.0 Å². The Balaban J connectivity index is 1.90. The molecule has 0 bridgehead atoms. The zero-order valence-electron chi connectivity index (χ0n) is 16.5. The van der Waals surface area contributed by atoms with Crippen LogP contribution in [0.25, 0.3) is 0 Å². The Morgan fingerprint density at radius 3 is 2.54 bits per heavy atom. The molecule has 1 aliphatic heterocycles. The van der Waals surface area contributed by atoms with Gasteiger partial charge in [0.1, 0.15) is 0 Å². The molecule has 2 aromatic rings. The highest BCUT2D eigenvalue weighted by Crippen LogP contribution is 2.26. The monoisotopic (exact) mass is 354 g/mol. The van der Waals surface area contributed by atoms with Crippen molar-refractivity contribution >= 4 is 5.91 Å². The Bertz CT molecular complexity index is 770. The highest BCUT2D eigenvalue weighted by molar-refractivity contribution is 5.95. The molecule has 1 saturated heterocycles. The van der Waals surface area contributed by atoms with Crippen LogP contribution < -0.4 is 5.32 Å². The van der Waals surface area contributed by atoms with Gasteiger partial charge in [0.2, 0.25) is 0 Å². The molecule has 0 spiro atoms. The first kappa shape index (κ1) is 18.6. The van der Waals surface area contributed by atoms with Crippen molar-refractivity contribution in [1.29, 1.82) is 0 Å². The molecule has 1 aliphatic rings. The summed E-state index contributed by atoms with van der Waals surface area (Å²) in [7, 11) is 0. The quantitative estimate of drug-likeness (QED) is 0.920. The van der Waals surface area contributed by atoms with E-state index in [0.717, 1.165) is 25.2 Å². The minimum atomic E-state index is -0.137. The molecule has 1 aromatic heterocycles. The molecular formula is C21H30N4O. The normalized spacial score (nSPS) is 18.2. The van der Waals surface area contributed by atoms with E-state index in [1.54, 1.807) is 6.20 Å². The molecular weight excluding hydrogens is 324 g/mol. The van der Waals surface area contributed by atoms with Gasteiger partial charge in [-0.3, -0.25) is 9.48 Å². The molecule has 0 aliphatic carbocycles. The summed E-state index contributed by atoms with van der Waals surface area (Å²) < 4.78 is 1.94. The van der Waals surface area contributed by atoms with Crippen LogP contribution in [0.2, 0.25) is 0 Å². The summed E-state index contributed by atoms with van der Waals surface area (Å²) in [6, 6.07) is 8.69. The van der Waals surface area contributed by atoms with Crippen LogP contribution in [0, 0.1) is 6.92 Å². The molecule has 26 heavy (non-hydrogen) atoms. The zero-order valence-corrected chi connectivity index (χ0v) is 16.5. The summed E-state index contributed by atoms with van der Waals surface area (Å²) in [5.41, 5.74) is 4.00. The van der Waals surface area contributed by atoms with E-state index in [-0.39, 0.29) is 17.5 Å². The predicted octanol–water partition coefficient (Wildman–Crippen LogP) is 3.30. The van der Waals surface area contributed by atoms with Gasteiger partial charge in [0, 0.05) is 25.3 Å². The molecule has 5 heteroatoms. The number of amides is 1. The molecule has 2 heterocycles. The van der Waals surface area contributed by atoms with E-state index in [1.165, 1.54) is 11.1 Å². The van der Waals surface area contributed by atoms with Crippen LogP contribution in [0.1, 0.15) is 60.9 Å². The summed E-state index contributed by atoms with van der Waals surface area (Å²) in [6.45, 7) is 12.8. The van der Waals surface area contributed by atoms with Gasteiger partial charge >= 0.3 is 0 Å². The molecule has 1 unspecified atom stereocenters. The third-order valence-corrected chi connectivity index (χ3v) is 5.15. The smallest absolute Gasteiger partial charge is 0.257 e. The number of aromatic nitrogens is 2. The summed E-state index contributed by atoms with van der Waals surface area (Å²) >= 11 is 0. The molecule has 0 radical (unpaired) electrons. The lowest BCUT2D eigenvalue weighted by Gasteiger charge is -2.36. The number of nitrogens with zero attached hydrogens (tertiary/aromatic N) is 3. The van der Waals surface area contributed by atoms with Crippen LogP contribution in [0.3, 0.4) is 0 Å².